The Morgan fingerprint density at radius 3 is 2.52 bits per heavy atom. The normalized spacial score (nSPS) is 24.9. The number of nitrogens with zero attached hydrogens (tertiary/aromatic N) is 2. The van der Waals surface area contributed by atoms with Crippen molar-refractivity contribution in [1.82, 2.24) is 9.80 Å². The maximum atomic E-state index is 12.3. The number of likely N-dealkylation sites (tertiary alicyclic amines) is 1. The summed E-state index contributed by atoms with van der Waals surface area (Å²) in [5, 5.41) is 0.651. The summed E-state index contributed by atoms with van der Waals surface area (Å²) in [6.45, 7) is 5.28. The van der Waals surface area contributed by atoms with Gasteiger partial charge in [0.2, 0.25) is 17.7 Å². The Labute approximate surface area is 129 Å². The van der Waals surface area contributed by atoms with E-state index in [9.17, 15) is 14.4 Å². The van der Waals surface area contributed by atoms with Gasteiger partial charge in [-0.3, -0.25) is 19.3 Å². The summed E-state index contributed by atoms with van der Waals surface area (Å²) in [6.07, 6.45) is 2.98. The minimum atomic E-state index is -0.335. The van der Waals surface area contributed by atoms with Gasteiger partial charge in [-0.05, 0) is 26.7 Å². The molecule has 0 aromatic heterocycles. The minimum absolute atomic E-state index is 0.0216. The van der Waals surface area contributed by atoms with E-state index in [0.29, 0.717) is 31.0 Å². The summed E-state index contributed by atoms with van der Waals surface area (Å²) < 4.78 is 0. The summed E-state index contributed by atoms with van der Waals surface area (Å²) >= 11 is 5.97. The highest BCUT2D eigenvalue weighted by Crippen LogP contribution is 2.38. The molecule has 0 saturated carbocycles. The first-order chi connectivity index (χ1) is 9.99. The van der Waals surface area contributed by atoms with Crippen molar-refractivity contribution < 1.29 is 14.4 Å². The van der Waals surface area contributed by atoms with Gasteiger partial charge >= 0.3 is 0 Å². The summed E-state index contributed by atoms with van der Waals surface area (Å²) in [4.78, 5) is 39.5. The Bertz CT molecular complexity index is 485. The fraction of sp³-hybridized carbons (Fsp3) is 0.667. The number of rotatable bonds is 5. The molecule has 2 rings (SSSR count). The van der Waals surface area contributed by atoms with Gasteiger partial charge in [0.1, 0.15) is 0 Å². The molecular weight excluding hydrogens is 292 g/mol. The van der Waals surface area contributed by atoms with E-state index >= 15 is 0 Å². The Morgan fingerprint density at radius 1 is 1.29 bits per heavy atom. The van der Waals surface area contributed by atoms with Gasteiger partial charge in [-0.25, -0.2) is 0 Å². The zero-order chi connectivity index (χ0) is 15.6. The third-order valence-corrected chi connectivity index (χ3v) is 4.63. The molecule has 1 aliphatic carbocycles. The van der Waals surface area contributed by atoms with E-state index in [0.717, 1.165) is 0 Å². The summed E-state index contributed by atoms with van der Waals surface area (Å²) in [6, 6.07) is 0. The quantitative estimate of drug-likeness (QED) is 0.727. The second-order valence-electron chi connectivity index (χ2n) is 5.45. The topological polar surface area (TPSA) is 57.7 Å². The van der Waals surface area contributed by atoms with Crippen LogP contribution in [-0.2, 0) is 14.4 Å². The standard InChI is InChI=1S/C15H21ClN2O3/c1-3-17(4-2)13(19)7-8-18-14(20)11-6-5-10(16)9-12(11)15(18)21/h5,11-12H,3-4,6-9H2,1-2H3. The SMILES string of the molecule is CCN(CC)C(=O)CCN1C(=O)C2CC=C(Cl)CC2C1=O. The zero-order valence-corrected chi connectivity index (χ0v) is 13.2. The van der Waals surface area contributed by atoms with E-state index in [1.165, 1.54) is 4.90 Å². The van der Waals surface area contributed by atoms with Crippen LogP contribution in [-0.4, -0.2) is 47.2 Å². The maximum absolute atomic E-state index is 12.3. The number of halogens is 1. The van der Waals surface area contributed by atoms with Gasteiger partial charge in [-0.15, -0.1) is 0 Å². The molecule has 0 aromatic rings. The van der Waals surface area contributed by atoms with Crippen molar-refractivity contribution >= 4 is 29.3 Å². The lowest BCUT2D eigenvalue weighted by atomic mass is 9.85. The second-order valence-corrected chi connectivity index (χ2v) is 5.93. The third-order valence-electron chi connectivity index (χ3n) is 4.33. The first kappa shape index (κ1) is 16.0. The molecule has 1 saturated heterocycles. The van der Waals surface area contributed by atoms with Crippen molar-refractivity contribution in [3.8, 4) is 0 Å². The van der Waals surface area contributed by atoms with E-state index < -0.39 is 0 Å². The van der Waals surface area contributed by atoms with Crippen molar-refractivity contribution in [1.29, 1.82) is 0 Å². The van der Waals surface area contributed by atoms with Gasteiger partial charge < -0.3 is 4.90 Å². The molecule has 0 spiro atoms. The maximum Gasteiger partial charge on any atom is 0.233 e. The lowest BCUT2D eigenvalue weighted by Crippen LogP contribution is -2.37. The van der Waals surface area contributed by atoms with Crippen LogP contribution in [0.2, 0.25) is 0 Å². The molecule has 0 N–H and O–H groups in total. The van der Waals surface area contributed by atoms with E-state index in [2.05, 4.69) is 0 Å². The fourth-order valence-electron chi connectivity index (χ4n) is 3.06. The first-order valence-corrected chi connectivity index (χ1v) is 7.84. The molecule has 2 unspecified atom stereocenters. The summed E-state index contributed by atoms with van der Waals surface area (Å²) in [5.41, 5.74) is 0. The molecule has 5 nitrogen and oxygen atoms in total. The molecular formula is C15H21ClN2O3. The molecule has 116 valence electrons. The number of hydrogen-bond acceptors (Lipinski definition) is 3. The Kier molecular flexibility index (Phi) is 5.04. The van der Waals surface area contributed by atoms with Crippen molar-refractivity contribution in [3.05, 3.63) is 11.1 Å². The highest BCUT2D eigenvalue weighted by atomic mass is 35.5. The van der Waals surface area contributed by atoms with Gasteiger partial charge in [-0.2, -0.15) is 0 Å². The number of imide groups is 1. The molecule has 1 fully saturated rings. The Morgan fingerprint density at radius 2 is 1.90 bits per heavy atom. The smallest absolute Gasteiger partial charge is 0.233 e. The molecule has 21 heavy (non-hydrogen) atoms. The average Bonchev–Trinajstić information content (AvgIpc) is 2.70. The van der Waals surface area contributed by atoms with Crippen LogP contribution in [0.15, 0.2) is 11.1 Å². The molecule has 1 heterocycles. The predicted octanol–water partition coefficient (Wildman–Crippen LogP) is 1.76. The Balaban J connectivity index is 1.98. The van der Waals surface area contributed by atoms with Crippen molar-refractivity contribution in [2.45, 2.75) is 33.1 Å². The highest BCUT2D eigenvalue weighted by Gasteiger charge is 2.48. The van der Waals surface area contributed by atoms with Crippen LogP contribution in [0.25, 0.3) is 0 Å². The zero-order valence-electron chi connectivity index (χ0n) is 12.5. The van der Waals surface area contributed by atoms with E-state index in [1.807, 2.05) is 19.9 Å². The second kappa shape index (κ2) is 6.60. The monoisotopic (exact) mass is 312 g/mol. The third kappa shape index (κ3) is 3.12. The number of amides is 3. The van der Waals surface area contributed by atoms with Gasteiger partial charge in [0, 0.05) is 31.1 Å². The Hall–Kier alpha value is -1.36. The van der Waals surface area contributed by atoms with Crippen molar-refractivity contribution in [2.24, 2.45) is 11.8 Å². The van der Waals surface area contributed by atoms with Crippen LogP contribution in [0.3, 0.4) is 0 Å². The molecule has 1 aliphatic heterocycles. The highest BCUT2D eigenvalue weighted by molar-refractivity contribution is 6.30. The lowest BCUT2D eigenvalue weighted by molar-refractivity contribution is -0.140. The van der Waals surface area contributed by atoms with Crippen LogP contribution < -0.4 is 0 Å². The molecule has 2 atom stereocenters. The summed E-state index contributed by atoms with van der Waals surface area (Å²) in [7, 11) is 0. The molecule has 0 aromatic carbocycles. The van der Waals surface area contributed by atoms with Crippen molar-refractivity contribution in [3.63, 3.8) is 0 Å². The van der Waals surface area contributed by atoms with Gasteiger partial charge in [-0.1, -0.05) is 17.7 Å². The fourth-order valence-corrected chi connectivity index (χ4v) is 3.31. The van der Waals surface area contributed by atoms with Crippen LogP contribution in [0.5, 0.6) is 0 Å². The molecule has 0 bridgehead atoms. The van der Waals surface area contributed by atoms with Gasteiger partial charge in [0.05, 0.1) is 11.8 Å². The molecule has 2 aliphatic rings. The number of hydrogen-bond donors (Lipinski definition) is 0. The molecule has 0 radical (unpaired) electrons. The van der Waals surface area contributed by atoms with Crippen LogP contribution in [0, 0.1) is 11.8 Å². The largest absolute Gasteiger partial charge is 0.343 e. The number of fused-ring (bicyclic) bond motifs is 1. The van der Waals surface area contributed by atoms with E-state index in [1.54, 1.807) is 4.90 Å². The molecule has 3 amide bonds. The van der Waals surface area contributed by atoms with E-state index in [-0.39, 0.29) is 42.5 Å². The van der Waals surface area contributed by atoms with Gasteiger partial charge in [0.15, 0.2) is 0 Å². The molecule has 6 heteroatoms. The number of allylic oxidation sites excluding steroid dienone is 2. The van der Waals surface area contributed by atoms with Crippen molar-refractivity contribution in [2.75, 3.05) is 19.6 Å². The summed E-state index contributed by atoms with van der Waals surface area (Å²) in [5.74, 6) is -0.977. The number of carbonyl (C=O) groups is 3. The predicted molar refractivity (Wildman–Crippen MR) is 79.4 cm³/mol. The van der Waals surface area contributed by atoms with Crippen LogP contribution in [0.4, 0.5) is 0 Å². The lowest BCUT2D eigenvalue weighted by Gasteiger charge is -2.20. The van der Waals surface area contributed by atoms with Crippen LogP contribution in [0.1, 0.15) is 33.1 Å². The van der Waals surface area contributed by atoms with Gasteiger partial charge in [0.25, 0.3) is 0 Å². The average molecular weight is 313 g/mol. The first-order valence-electron chi connectivity index (χ1n) is 7.47. The van der Waals surface area contributed by atoms with E-state index in [4.69, 9.17) is 11.6 Å². The minimum Gasteiger partial charge on any atom is -0.343 e. The van der Waals surface area contributed by atoms with Crippen LogP contribution >= 0.6 is 11.6 Å². The number of carbonyl (C=O) groups excluding carboxylic acids is 3.